The van der Waals surface area contributed by atoms with Crippen molar-refractivity contribution < 1.29 is 17.9 Å². The highest BCUT2D eigenvalue weighted by molar-refractivity contribution is 6.42. The molecule has 0 saturated carbocycles. The fourth-order valence-electron chi connectivity index (χ4n) is 4.31. The van der Waals surface area contributed by atoms with Crippen LogP contribution in [0, 0.1) is 0 Å². The molecule has 1 fully saturated rings. The highest BCUT2D eigenvalue weighted by atomic mass is 35.5. The molecular weight excluding hydrogens is 472 g/mol. The lowest BCUT2D eigenvalue weighted by molar-refractivity contribution is -0.137. The van der Waals surface area contributed by atoms with E-state index in [2.05, 4.69) is 22.4 Å². The van der Waals surface area contributed by atoms with Crippen LogP contribution in [0.1, 0.15) is 29.5 Å². The molecule has 174 valence electrons. The van der Waals surface area contributed by atoms with Gasteiger partial charge in [-0.25, -0.2) is 4.98 Å². The van der Waals surface area contributed by atoms with E-state index >= 15 is 0 Å². The summed E-state index contributed by atoms with van der Waals surface area (Å²) in [7, 11) is 0. The Labute approximate surface area is 200 Å². The Morgan fingerprint density at radius 2 is 1.73 bits per heavy atom. The third-order valence-corrected chi connectivity index (χ3v) is 6.84. The lowest BCUT2D eigenvalue weighted by Gasteiger charge is -2.38. The van der Waals surface area contributed by atoms with Crippen LogP contribution in [0.4, 0.5) is 13.2 Å². The second-order valence-electron chi connectivity index (χ2n) is 8.27. The highest BCUT2D eigenvalue weighted by Gasteiger charge is 2.35. The van der Waals surface area contributed by atoms with E-state index in [1.54, 1.807) is 12.1 Å². The van der Waals surface area contributed by atoms with Crippen molar-refractivity contribution in [3.63, 3.8) is 0 Å². The monoisotopic (exact) mass is 494 g/mol. The van der Waals surface area contributed by atoms with Gasteiger partial charge in [-0.1, -0.05) is 53.5 Å². The van der Waals surface area contributed by atoms with Crippen LogP contribution < -0.4 is 5.32 Å². The summed E-state index contributed by atoms with van der Waals surface area (Å²) in [6.07, 6.45) is -1.29. The average molecular weight is 495 g/mol. The average Bonchev–Trinajstić information content (AvgIpc) is 2.81. The highest BCUT2D eigenvalue weighted by Crippen LogP contribution is 2.38. The first kappa shape index (κ1) is 24.0. The standard InChI is InChI=1S/C25H23Cl2F3N2O/c26-22-21(6-9-32-23(22)27)18-12-17(13-20(14-18)25(28,29)30)15-33-16-24(7-10-31-11-8-24)19-4-2-1-3-5-19/h1-6,9,12-14,31H,7-8,10-11,15-16H2. The Bertz CT molecular complexity index is 1100. The molecule has 1 aliphatic heterocycles. The molecule has 33 heavy (non-hydrogen) atoms. The summed E-state index contributed by atoms with van der Waals surface area (Å²) in [5.41, 5.74) is 1.39. The molecule has 1 saturated heterocycles. The van der Waals surface area contributed by atoms with Gasteiger partial charge < -0.3 is 10.1 Å². The summed E-state index contributed by atoms with van der Waals surface area (Å²) in [6.45, 7) is 2.21. The van der Waals surface area contributed by atoms with Crippen molar-refractivity contribution in [2.75, 3.05) is 19.7 Å². The van der Waals surface area contributed by atoms with Crippen LogP contribution in [0.5, 0.6) is 0 Å². The number of hydrogen-bond acceptors (Lipinski definition) is 3. The molecular formula is C25H23Cl2F3N2O. The predicted molar refractivity (Wildman–Crippen MR) is 125 cm³/mol. The first-order valence-corrected chi connectivity index (χ1v) is 11.4. The Morgan fingerprint density at radius 1 is 1.00 bits per heavy atom. The number of benzene rings is 2. The number of halogens is 5. The normalized spacial score (nSPS) is 16.0. The smallest absolute Gasteiger partial charge is 0.376 e. The van der Waals surface area contributed by atoms with Gasteiger partial charge in [0.05, 0.1) is 23.8 Å². The minimum atomic E-state index is -4.51. The summed E-state index contributed by atoms with van der Waals surface area (Å²) in [5.74, 6) is 0. The lowest BCUT2D eigenvalue weighted by atomic mass is 9.74. The van der Waals surface area contributed by atoms with Gasteiger partial charge in [0.2, 0.25) is 0 Å². The first-order valence-electron chi connectivity index (χ1n) is 10.6. The SMILES string of the molecule is FC(F)(F)c1cc(COCC2(c3ccccc3)CCNCC2)cc(-c2ccnc(Cl)c2Cl)c1. The zero-order chi connectivity index (χ0) is 23.5. The zero-order valence-electron chi connectivity index (χ0n) is 17.8. The second kappa shape index (κ2) is 10.0. The van der Waals surface area contributed by atoms with Crippen molar-refractivity contribution in [3.8, 4) is 11.1 Å². The van der Waals surface area contributed by atoms with Gasteiger partial charge in [0, 0.05) is 17.2 Å². The predicted octanol–water partition coefficient (Wildman–Crippen LogP) is 6.91. The van der Waals surface area contributed by atoms with Crippen LogP contribution >= 0.6 is 23.2 Å². The van der Waals surface area contributed by atoms with Crippen LogP contribution in [-0.4, -0.2) is 24.7 Å². The van der Waals surface area contributed by atoms with E-state index in [9.17, 15) is 13.2 Å². The molecule has 0 atom stereocenters. The fraction of sp³-hybridized carbons (Fsp3) is 0.320. The molecule has 4 rings (SSSR count). The van der Waals surface area contributed by atoms with Crippen molar-refractivity contribution in [1.82, 2.24) is 10.3 Å². The quantitative estimate of drug-likeness (QED) is 0.378. The fourth-order valence-corrected chi connectivity index (χ4v) is 4.69. The number of ether oxygens (including phenoxy) is 1. The minimum absolute atomic E-state index is 0.0417. The third kappa shape index (κ3) is 5.52. The largest absolute Gasteiger partial charge is 0.416 e. The molecule has 0 unspecified atom stereocenters. The van der Waals surface area contributed by atoms with E-state index in [0.29, 0.717) is 23.3 Å². The molecule has 2 aromatic carbocycles. The molecule has 0 spiro atoms. The van der Waals surface area contributed by atoms with Crippen LogP contribution in [0.25, 0.3) is 11.1 Å². The van der Waals surface area contributed by atoms with Crippen molar-refractivity contribution in [1.29, 1.82) is 0 Å². The van der Waals surface area contributed by atoms with Crippen LogP contribution in [0.3, 0.4) is 0 Å². The van der Waals surface area contributed by atoms with Crippen LogP contribution in [0.2, 0.25) is 10.2 Å². The van der Waals surface area contributed by atoms with Crippen molar-refractivity contribution >= 4 is 23.2 Å². The topological polar surface area (TPSA) is 34.1 Å². The second-order valence-corrected chi connectivity index (χ2v) is 9.00. The number of nitrogens with one attached hydrogen (secondary N) is 1. The minimum Gasteiger partial charge on any atom is -0.376 e. The summed E-state index contributed by atoms with van der Waals surface area (Å²) in [6, 6.07) is 15.6. The van der Waals surface area contributed by atoms with Gasteiger partial charge in [0.1, 0.15) is 5.15 Å². The molecule has 2 heterocycles. The van der Waals surface area contributed by atoms with Gasteiger partial charge in [0.15, 0.2) is 0 Å². The van der Waals surface area contributed by atoms with Crippen molar-refractivity contribution in [2.24, 2.45) is 0 Å². The number of piperidine rings is 1. The number of hydrogen-bond donors (Lipinski definition) is 1. The van der Waals surface area contributed by atoms with Crippen molar-refractivity contribution in [2.45, 2.75) is 31.0 Å². The molecule has 0 bridgehead atoms. The molecule has 3 nitrogen and oxygen atoms in total. The maximum atomic E-state index is 13.6. The summed E-state index contributed by atoms with van der Waals surface area (Å²) < 4.78 is 46.9. The number of pyridine rings is 1. The van der Waals surface area contributed by atoms with Gasteiger partial charge in [-0.3, -0.25) is 0 Å². The van der Waals surface area contributed by atoms with Crippen molar-refractivity contribution in [3.05, 3.63) is 87.7 Å². The van der Waals surface area contributed by atoms with Gasteiger partial charge in [-0.15, -0.1) is 0 Å². The maximum Gasteiger partial charge on any atom is 0.416 e. The molecule has 1 aromatic heterocycles. The third-order valence-electron chi connectivity index (χ3n) is 6.07. The zero-order valence-corrected chi connectivity index (χ0v) is 19.3. The van der Waals surface area contributed by atoms with Gasteiger partial charge >= 0.3 is 6.18 Å². The van der Waals surface area contributed by atoms with E-state index < -0.39 is 11.7 Å². The Hall–Kier alpha value is -2.12. The lowest BCUT2D eigenvalue weighted by Crippen LogP contribution is -2.43. The molecule has 1 N–H and O–H groups in total. The number of alkyl halides is 3. The first-order chi connectivity index (χ1) is 15.8. The molecule has 3 aromatic rings. The Balaban J connectivity index is 1.60. The van der Waals surface area contributed by atoms with E-state index in [4.69, 9.17) is 27.9 Å². The molecule has 0 aliphatic carbocycles. The van der Waals surface area contributed by atoms with E-state index in [1.165, 1.54) is 11.8 Å². The number of rotatable bonds is 6. The summed E-state index contributed by atoms with van der Waals surface area (Å²) in [4.78, 5) is 3.88. The Morgan fingerprint density at radius 3 is 2.42 bits per heavy atom. The Kier molecular flexibility index (Phi) is 7.29. The molecule has 0 radical (unpaired) electrons. The molecule has 8 heteroatoms. The summed E-state index contributed by atoms with van der Waals surface area (Å²) in [5, 5.41) is 3.52. The van der Waals surface area contributed by atoms with Gasteiger partial charge in [0.25, 0.3) is 0 Å². The number of aromatic nitrogens is 1. The molecule has 1 aliphatic rings. The van der Waals surface area contributed by atoms with Crippen LogP contribution in [0.15, 0.2) is 60.8 Å². The number of nitrogens with zero attached hydrogens (tertiary/aromatic N) is 1. The van der Waals surface area contributed by atoms with Gasteiger partial charge in [-0.2, -0.15) is 13.2 Å². The van der Waals surface area contributed by atoms with Gasteiger partial charge in [-0.05, 0) is 66.9 Å². The van der Waals surface area contributed by atoms with E-state index in [1.807, 2.05) is 18.2 Å². The molecule has 0 amide bonds. The van der Waals surface area contributed by atoms with E-state index in [-0.39, 0.29) is 22.2 Å². The van der Waals surface area contributed by atoms with Crippen LogP contribution in [-0.2, 0) is 22.9 Å². The summed E-state index contributed by atoms with van der Waals surface area (Å²) >= 11 is 12.2. The van der Waals surface area contributed by atoms with E-state index in [0.717, 1.165) is 38.1 Å². The maximum absolute atomic E-state index is 13.6.